The number of piperidine rings is 1. The Morgan fingerprint density at radius 2 is 1.91 bits per heavy atom. The van der Waals surface area contributed by atoms with Crippen LogP contribution in [0.5, 0.6) is 0 Å². The van der Waals surface area contributed by atoms with Crippen molar-refractivity contribution < 1.29 is 12.8 Å². The lowest BCUT2D eigenvalue weighted by Crippen LogP contribution is -2.46. The van der Waals surface area contributed by atoms with Crippen LogP contribution in [0.25, 0.3) is 0 Å². The molecule has 0 bridgehead atoms. The first-order valence-corrected chi connectivity index (χ1v) is 9.41. The number of hydrogen-bond acceptors (Lipinski definition) is 3. The number of likely N-dealkylation sites (tertiary alicyclic amines) is 1. The third kappa shape index (κ3) is 3.50. The van der Waals surface area contributed by atoms with Gasteiger partial charge in [0.05, 0.1) is 5.25 Å². The van der Waals surface area contributed by atoms with E-state index < -0.39 is 10.0 Å². The second-order valence-electron chi connectivity index (χ2n) is 6.40. The number of halogens is 1. The molecule has 3 rings (SSSR count). The van der Waals surface area contributed by atoms with Crippen LogP contribution in [0.4, 0.5) is 4.39 Å². The largest absolute Gasteiger partial charge is 0.299 e. The zero-order valence-corrected chi connectivity index (χ0v) is 13.7. The van der Waals surface area contributed by atoms with E-state index in [1.165, 1.54) is 6.07 Å². The van der Waals surface area contributed by atoms with Crippen LogP contribution in [0.2, 0.25) is 0 Å². The van der Waals surface area contributed by atoms with E-state index in [1.807, 2.05) is 6.07 Å². The van der Waals surface area contributed by atoms with Crippen molar-refractivity contribution >= 4 is 10.0 Å². The molecule has 1 aliphatic carbocycles. The first-order chi connectivity index (χ1) is 10.5. The molecule has 22 heavy (non-hydrogen) atoms. The van der Waals surface area contributed by atoms with E-state index in [0.29, 0.717) is 0 Å². The lowest BCUT2D eigenvalue weighted by Gasteiger charge is -2.36. The average Bonchev–Trinajstić information content (AvgIpc) is 3.32. The van der Waals surface area contributed by atoms with Crippen molar-refractivity contribution in [3.8, 4) is 0 Å². The highest BCUT2D eigenvalue weighted by Gasteiger charge is 2.41. The Labute approximate surface area is 132 Å². The van der Waals surface area contributed by atoms with Gasteiger partial charge in [0.2, 0.25) is 10.0 Å². The van der Waals surface area contributed by atoms with Crippen LogP contribution >= 0.6 is 0 Å². The Hall–Kier alpha value is -0.980. The summed E-state index contributed by atoms with van der Waals surface area (Å²) < 4.78 is 39.4. The summed E-state index contributed by atoms with van der Waals surface area (Å²) in [6.45, 7) is 2.43. The topological polar surface area (TPSA) is 40.6 Å². The van der Waals surface area contributed by atoms with Crippen LogP contribution in [-0.2, 0) is 16.6 Å². The lowest BCUT2D eigenvalue weighted by molar-refractivity contribution is 0.163. The van der Waals surface area contributed by atoms with Crippen LogP contribution in [0, 0.1) is 5.82 Å². The van der Waals surface area contributed by atoms with Gasteiger partial charge in [-0.1, -0.05) is 12.1 Å². The predicted molar refractivity (Wildman–Crippen MR) is 84.4 cm³/mol. The quantitative estimate of drug-likeness (QED) is 0.833. The summed E-state index contributed by atoms with van der Waals surface area (Å²) in [5.41, 5.74) is 0.970. The molecule has 1 aromatic carbocycles. The van der Waals surface area contributed by atoms with Crippen LogP contribution in [0.15, 0.2) is 24.3 Å². The van der Waals surface area contributed by atoms with Gasteiger partial charge in [0.25, 0.3) is 0 Å². The van der Waals surface area contributed by atoms with Crippen molar-refractivity contribution in [2.24, 2.45) is 0 Å². The second-order valence-corrected chi connectivity index (χ2v) is 8.67. The number of benzene rings is 1. The third-order valence-corrected chi connectivity index (χ3v) is 7.13. The maximum absolute atomic E-state index is 13.2. The SMILES string of the molecule is CN(C1CCN(Cc2cccc(F)c2)CC1)S(=O)(=O)C1CC1. The van der Waals surface area contributed by atoms with Gasteiger partial charge in [-0.25, -0.2) is 17.1 Å². The Kier molecular flexibility index (Phi) is 4.52. The number of hydrogen-bond donors (Lipinski definition) is 0. The van der Waals surface area contributed by atoms with Crippen molar-refractivity contribution in [1.82, 2.24) is 9.21 Å². The molecule has 0 aromatic heterocycles. The van der Waals surface area contributed by atoms with E-state index in [9.17, 15) is 12.8 Å². The highest BCUT2D eigenvalue weighted by atomic mass is 32.2. The minimum atomic E-state index is -3.08. The number of nitrogens with zero attached hydrogens (tertiary/aromatic N) is 2. The van der Waals surface area contributed by atoms with Gasteiger partial charge in [-0.2, -0.15) is 0 Å². The smallest absolute Gasteiger partial charge is 0.216 e. The summed E-state index contributed by atoms with van der Waals surface area (Å²) in [5, 5.41) is -0.136. The summed E-state index contributed by atoms with van der Waals surface area (Å²) in [5.74, 6) is -0.206. The fourth-order valence-corrected chi connectivity index (χ4v) is 4.97. The minimum Gasteiger partial charge on any atom is -0.299 e. The van der Waals surface area contributed by atoms with Crippen molar-refractivity contribution in [3.05, 3.63) is 35.6 Å². The fourth-order valence-electron chi connectivity index (χ4n) is 3.14. The van der Waals surface area contributed by atoms with Gasteiger partial charge in [-0.3, -0.25) is 4.90 Å². The first kappa shape index (κ1) is 15.9. The van der Waals surface area contributed by atoms with Gasteiger partial charge in [-0.05, 0) is 43.4 Å². The van der Waals surface area contributed by atoms with E-state index in [-0.39, 0.29) is 17.1 Å². The minimum absolute atomic E-state index is 0.106. The molecule has 1 aromatic rings. The molecule has 6 heteroatoms. The molecule has 1 heterocycles. The van der Waals surface area contributed by atoms with Crippen LogP contribution in [0.3, 0.4) is 0 Å². The molecule has 2 fully saturated rings. The van der Waals surface area contributed by atoms with Crippen LogP contribution in [0.1, 0.15) is 31.2 Å². The molecule has 0 spiro atoms. The van der Waals surface area contributed by atoms with E-state index in [2.05, 4.69) is 4.90 Å². The van der Waals surface area contributed by atoms with Gasteiger partial charge in [-0.15, -0.1) is 0 Å². The molecule has 1 saturated carbocycles. The van der Waals surface area contributed by atoms with Crippen molar-refractivity contribution in [3.63, 3.8) is 0 Å². The molecule has 1 aliphatic heterocycles. The average molecular weight is 326 g/mol. The molecular weight excluding hydrogens is 303 g/mol. The zero-order chi connectivity index (χ0) is 15.7. The second kappa shape index (κ2) is 6.26. The van der Waals surface area contributed by atoms with Gasteiger partial charge in [0.1, 0.15) is 5.82 Å². The molecule has 0 unspecified atom stereocenters. The molecule has 122 valence electrons. The Bertz CT molecular complexity index is 623. The standard InChI is InChI=1S/C16H23FN2O2S/c1-18(22(20,21)16-5-6-16)15-7-9-19(10-8-15)12-13-3-2-4-14(17)11-13/h2-4,11,15-16H,5-10,12H2,1H3. The normalized spacial score (nSPS) is 21.4. The summed E-state index contributed by atoms with van der Waals surface area (Å²) in [7, 11) is -1.36. The summed E-state index contributed by atoms with van der Waals surface area (Å²) in [6, 6.07) is 6.78. The third-order valence-electron chi connectivity index (χ3n) is 4.71. The van der Waals surface area contributed by atoms with Gasteiger partial charge >= 0.3 is 0 Å². The molecule has 0 N–H and O–H groups in total. The van der Waals surface area contributed by atoms with Crippen molar-refractivity contribution in [2.75, 3.05) is 20.1 Å². The van der Waals surface area contributed by atoms with Crippen molar-refractivity contribution in [2.45, 2.75) is 43.5 Å². The van der Waals surface area contributed by atoms with Gasteiger partial charge < -0.3 is 0 Å². The molecule has 4 nitrogen and oxygen atoms in total. The summed E-state index contributed by atoms with van der Waals surface area (Å²) >= 11 is 0. The zero-order valence-electron chi connectivity index (χ0n) is 12.9. The van der Waals surface area contributed by atoms with E-state index >= 15 is 0 Å². The summed E-state index contributed by atoms with van der Waals surface area (Å²) in [6.07, 6.45) is 3.31. The molecule has 0 amide bonds. The Morgan fingerprint density at radius 1 is 1.23 bits per heavy atom. The predicted octanol–water partition coefficient (Wildman–Crippen LogP) is 2.21. The van der Waals surface area contributed by atoms with E-state index in [0.717, 1.165) is 50.9 Å². The highest BCUT2D eigenvalue weighted by molar-refractivity contribution is 7.90. The number of rotatable bonds is 5. The molecule has 0 atom stereocenters. The van der Waals surface area contributed by atoms with E-state index in [4.69, 9.17) is 0 Å². The van der Waals surface area contributed by atoms with Gasteiger partial charge in [0, 0.05) is 32.7 Å². The first-order valence-electron chi connectivity index (χ1n) is 7.90. The lowest BCUT2D eigenvalue weighted by atomic mass is 10.0. The molecule has 0 radical (unpaired) electrons. The summed E-state index contributed by atoms with van der Waals surface area (Å²) in [4.78, 5) is 2.27. The molecular formula is C16H23FN2O2S. The number of sulfonamides is 1. The maximum atomic E-state index is 13.2. The van der Waals surface area contributed by atoms with Crippen molar-refractivity contribution in [1.29, 1.82) is 0 Å². The Morgan fingerprint density at radius 3 is 2.50 bits per heavy atom. The van der Waals surface area contributed by atoms with E-state index in [1.54, 1.807) is 23.5 Å². The maximum Gasteiger partial charge on any atom is 0.216 e. The Balaban J connectivity index is 1.54. The van der Waals surface area contributed by atoms with Crippen LogP contribution < -0.4 is 0 Å². The highest BCUT2D eigenvalue weighted by Crippen LogP contribution is 2.32. The fraction of sp³-hybridized carbons (Fsp3) is 0.625. The molecule has 2 aliphatic rings. The molecule has 1 saturated heterocycles. The van der Waals surface area contributed by atoms with Gasteiger partial charge in [0.15, 0.2) is 0 Å². The van der Waals surface area contributed by atoms with Crippen LogP contribution in [-0.4, -0.2) is 49.1 Å². The monoisotopic (exact) mass is 326 g/mol.